The normalized spacial score (nSPS) is 12.6. The van der Waals surface area contributed by atoms with Crippen LogP contribution in [0.15, 0.2) is 47.1 Å². The van der Waals surface area contributed by atoms with E-state index in [0.717, 1.165) is 23.1 Å². The van der Waals surface area contributed by atoms with E-state index in [4.69, 9.17) is 0 Å². The van der Waals surface area contributed by atoms with Crippen LogP contribution in [-0.4, -0.2) is 4.98 Å². The Kier molecular flexibility index (Phi) is 5.95. The molecule has 0 amide bonds. The molecule has 2 aromatic rings. The van der Waals surface area contributed by atoms with Crippen LogP contribution in [-0.2, 0) is 13.0 Å². The summed E-state index contributed by atoms with van der Waals surface area (Å²) in [4.78, 5) is 4.42. The third-order valence-corrected chi connectivity index (χ3v) is 4.17. The maximum Gasteiger partial charge on any atom is 0.0542 e. The van der Waals surface area contributed by atoms with Gasteiger partial charge < -0.3 is 5.32 Å². The fourth-order valence-electron chi connectivity index (χ4n) is 2.42. The van der Waals surface area contributed by atoms with Crippen molar-refractivity contribution in [2.24, 2.45) is 5.92 Å². The first kappa shape index (κ1) is 16.2. The zero-order valence-electron chi connectivity index (χ0n) is 12.9. The van der Waals surface area contributed by atoms with Crippen molar-refractivity contribution < 1.29 is 0 Å². The van der Waals surface area contributed by atoms with Crippen LogP contribution in [0.25, 0.3) is 0 Å². The number of rotatable bonds is 6. The van der Waals surface area contributed by atoms with E-state index in [1.54, 1.807) is 0 Å². The standard InChI is InChI=1S/C18H23BrN2/c1-4-14-5-7-15(8-6-14)18(13(2)3)21-12-17-10-9-16(19)11-20-17/h5-11,13,18,21H,4,12H2,1-3H3. The Labute approximate surface area is 136 Å². The molecule has 112 valence electrons. The Hall–Kier alpha value is -1.19. The van der Waals surface area contributed by atoms with Gasteiger partial charge in [-0.25, -0.2) is 0 Å². The molecule has 1 heterocycles. The monoisotopic (exact) mass is 346 g/mol. The minimum absolute atomic E-state index is 0.348. The van der Waals surface area contributed by atoms with E-state index in [1.807, 2.05) is 12.3 Å². The zero-order valence-corrected chi connectivity index (χ0v) is 14.5. The molecule has 0 aliphatic rings. The summed E-state index contributed by atoms with van der Waals surface area (Å²) in [7, 11) is 0. The molecule has 21 heavy (non-hydrogen) atoms. The summed E-state index contributed by atoms with van der Waals surface area (Å²) in [5.41, 5.74) is 3.80. The van der Waals surface area contributed by atoms with Gasteiger partial charge in [-0.2, -0.15) is 0 Å². The van der Waals surface area contributed by atoms with Crippen molar-refractivity contribution in [3.05, 3.63) is 63.9 Å². The number of halogens is 1. The molecule has 0 bridgehead atoms. The molecule has 0 fully saturated rings. The number of pyridine rings is 1. The highest BCUT2D eigenvalue weighted by Gasteiger charge is 2.15. The first-order chi connectivity index (χ1) is 10.1. The second-order valence-corrected chi connectivity index (χ2v) is 6.58. The van der Waals surface area contributed by atoms with Gasteiger partial charge in [-0.15, -0.1) is 0 Å². The summed E-state index contributed by atoms with van der Waals surface area (Å²) in [5, 5.41) is 3.63. The molecule has 1 aromatic carbocycles. The van der Waals surface area contributed by atoms with Gasteiger partial charge in [-0.3, -0.25) is 4.98 Å². The number of aryl methyl sites for hydroxylation is 1. The van der Waals surface area contributed by atoms with Gasteiger partial charge in [0.2, 0.25) is 0 Å². The molecule has 3 heteroatoms. The predicted molar refractivity (Wildman–Crippen MR) is 92.2 cm³/mol. The van der Waals surface area contributed by atoms with Crippen LogP contribution < -0.4 is 5.32 Å². The third-order valence-electron chi connectivity index (χ3n) is 3.71. The van der Waals surface area contributed by atoms with E-state index in [2.05, 4.69) is 77.3 Å². The van der Waals surface area contributed by atoms with Gasteiger partial charge in [0.25, 0.3) is 0 Å². The van der Waals surface area contributed by atoms with Gasteiger partial charge in [0.1, 0.15) is 0 Å². The van der Waals surface area contributed by atoms with Gasteiger partial charge in [-0.1, -0.05) is 45.0 Å². The number of nitrogens with zero attached hydrogens (tertiary/aromatic N) is 1. The topological polar surface area (TPSA) is 24.9 Å². The van der Waals surface area contributed by atoms with Crippen molar-refractivity contribution in [2.45, 2.75) is 39.8 Å². The van der Waals surface area contributed by atoms with E-state index >= 15 is 0 Å². The second kappa shape index (κ2) is 7.71. The third kappa shape index (κ3) is 4.65. The van der Waals surface area contributed by atoms with Crippen LogP contribution in [0.2, 0.25) is 0 Å². The van der Waals surface area contributed by atoms with Crippen molar-refractivity contribution in [1.82, 2.24) is 10.3 Å². The molecule has 0 aliphatic carbocycles. The summed E-state index contributed by atoms with van der Waals surface area (Å²) in [5.74, 6) is 0.535. The second-order valence-electron chi connectivity index (χ2n) is 5.67. The summed E-state index contributed by atoms with van der Waals surface area (Å²) < 4.78 is 1.02. The molecule has 0 saturated heterocycles. The smallest absolute Gasteiger partial charge is 0.0542 e. The Morgan fingerprint density at radius 3 is 2.33 bits per heavy atom. The Bertz CT molecular complexity index is 546. The van der Waals surface area contributed by atoms with Crippen LogP contribution in [0.3, 0.4) is 0 Å². The fraction of sp³-hybridized carbons (Fsp3) is 0.389. The zero-order chi connectivity index (χ0) is 15.2. The molecule has 0 spiro atoms. The van der Waals surface area contributed by atoms with Crippen molar-refractivity contribution in [2.75, 3.05) is 0 Å². The molecular weight excluding hydrogens is 324 g/mol. The molecule has 0 radical (unpaired) electrons. The average Bonchev–Trinajstić information content (AvgIpc) is 2.49. The van der Waals surface area contributed by atoms with Crippen LogP contribution in [0.5, 0.6) is 0 Å². The molecule has 1 N–H and O–H groups in total. The number of aromatic nitrogens is 1. The lowest BCUT2D eigenvalue weighted by atomic mass is 9.95. The van der Waals surface area contributed by atoms with Gasteiger partial charge >= 0.3 is 0 Å². The molecule has 1 unspecified atom stereocenters. The van der Waals surface area contributed by atoms with Gasteiger partial charge in [0, 0.05) is 23.3 Å². The maximum atomic E-state index is 4.42. The summed E-state index contributed by atoms with van der Waals surface area (Å²) >= 11 is 3.42. The fourth-order valence-corrected chi connectivity index (χ4v) is 2.66. The number of nitrogens with one attached hydrogen (secondary N) is 1. The molecule has 2 rings (SSSR count). The van der Waals surface area contributed by atoms with Gasteiger partial charge in [-0.05, 0) is 51.5 Å². The molecule has 2 nitrogen and oxygen atoms in total. The van der Waals surface area contributed by atoms with E-state index < -0.39 is 0 Å². The summed E-state index contributed by atoms with van der Waals surface area (Å²) in [6.07, 6.45) is 2.93. The Morgan fingerprint density at radius 2 is 1.81 bits per heavy atom. The average molecular weight is 347 g/mol. The van der Waals surface area contributed by atoms with Gasteiger partial charge in [0.05, 0.1) is 5.69 Å². The molecule has 1 atom stereocenters. The molecule has 1 aromatic heterocycles. The van der Waals surface area contributed by atoms with Crippen LogP contribution in [0.4, 0.5) is 0 Å². The van der Waals surface area contributed by atoms with Gasteiger partial charge in [0.15, 0.2) is 0 Å². The molecular formula is C18H23BrN2. The van der Waals surface area contributed by atoms with Crippen molar-refractivity contribution in [3.8, 4) is 0 Å². The quantitative estimate of drug-likeness (QED) is 0.804. The van der Waals surface area contributed by atoms with Crippen molar-refractivity contribution >= 4 is 15.9 Å². The molecule has 0 aliphatic heterocycles. The Morgan fingerprint density at radius 1 is 1.10 bits per heavy atom. The van der Waals surface area contributed by atoms with Crippen molar-refractivity contribution in [1.29, 1.82) is 0 Å². The minimum Gasteiger partial charge on any atom is -0.304 e. The van der Waals surface area contributed by atoms with Crippen molar-refractivity contribution in [3.63, 3.8) is 0 Å². The van der Waals surface area contributed by atoms with Crippen LogP contribution in [0.1, 0.15) is 43.6 Å². The predicted octanol–water partition coefficient (Wildman–Crippen LogP) is 4.89. The highest BCUT2D eigenvalue weighted by Crippen LogP contribution is 2.22. The number of hydrogen-bond donors (Lipinski definition) is 1. The highest BCUT2D eigenvalue weighted by molar-refractivity contribution is 9.10. The maximum absolute atomic E-state index is 4.42. The lowest BCUT2D eigenvalue weighted by Crippen LogP contribution is -2.25. The van der Waals surface area contributed by atoms with E-state index in [1.165, 1.54) is 11.1 Å². The SMILES string of the molecule is CCc1ccc(C(NCc2ccc(Br)cn2)C(C)C)cc1. The summed E-state index contributed by atoms with van der Waals surface area (Å²) in [6, 6.07) is 13.4. The largest absolute Gasteiger partial charge is 0.304 e. The lowest BCUT2D eigenvalue weighted by Gasteiger charge is -2.23. The minimum atomic E-state index is 0.348. The van der Waals surface area contributed by atoms with E-state index in [9.17, 15) is 0 Å². The number of benzene rings is 1. The van der Waals surface area contributed by atoms with Crippen LogP contribution >= 0.6 is 15.9 Å². The lowest BCUT2D eigenvalue weighted by molar-refractivity contribution is 0.408. The first-order valence-electron chi connectivity index (χ1n) is 7.52. The number of hydrogen-bond acceptors (Lipinski definition) is 2. The van der Waals surface area contributed by atoms with Crippen LogP contribution in [0, 0.1) is 5.92 Å². The van der Waals surface area contributed by atoms with E-state index in [-0.39, 0.29) is 0 Å². The first-order valence-corrected chi connectivity index (χ1v) is 8.32. The highest BCUT2D eigenvalue weighted by atomic mass is 79.9. The molecule has 0 saturated carbocycles. The summed E-state index contributed by atoms with van der Waals surface area (Å²) in [6.45, 7) is 7.47. The Balaban J connectivity index is 2.06. The van der Waals surface area contributed by atoms with E-state index in [0.29, 0.717) is 12.0 Å².